The normalized spacial score (nSPS) is 12.0. The third kappa shape index (κ3) is 4.65. The van der Waals surface area contributed by atoms with Crippen molar-refractivity contribution < 1.29 is 0 Å². The highest BCUT2D eigenvalue weighted by atomic mass is 32.1. The van der Waals surface area contributed by atoms with Crippen molar-refractivity contribution in [2.75, 3.05) is 0 Å². The van der Waals surface area contributed by atoms with Gasteiger partial charge < -0.3 is 0 Å². The minimum Gasteiger partial charge on any atom is -0.208 e. The summed E-state index contributed by atoms with van der Waals surface area (Å²) < 4.78 is 1.21. The van der Waals surface area contributed by atoms with Gasteiger partial charge in [0.25, 0.3) is 0 Å². The molecule has 0 saturated heterocycles. The van der Waals surface area contributed by atoms with Crippen LogP contribution >= 0.6 is 11.3 Å². The van der Waals surface area contributed by atoms with Crippen LogP contribution < -0.4 is 0 Å². The monoisotopic (exact) mass is 715 g/mol. The van der Waals surface area contributed by atoms with E-state index in [1.165, 1.54) is 74.7 Å². The van der Waals surface area contributed by atoms with Crippen molar-refractivity contribution in [3.8, 4) is 44.6 Å². The second-order valence-electron chi connectivity index (χ2n) is 14.3. The molecule has 55 heavy (non-hydrogen) atoms. The van der Waals surface area contributed by atoms with Gasteiger partial charge in [-0.2, -0.15) is 0 Å². The average molecular weight is 716 g/mol. The van der Waals surface area contributed by atoms with Gasteiger partial charge in [-0.05, 0) is 105 Å². The van der Waals surface area contributed by atoms with Crippen LogP contribution in [-0.2, 0) is 0 Å². The summed E-state index contributed by atoms with van der Waals surface area (Å²) in [5.74, 6) is 1.99. The molecule has 2 aromatic heterocycles. The molecular weight excluding hydrogens is 687 g/mol. The van der Waals surface area contributed by atoms with Crippen molar-refractivity contribution in [1.29, 1.82) is 0 Å². The van der Waals surface area contributed by atoms with Crippen LogP contribution in [0.5, 0.6) is 0 Å². The number of thiophene rings is 1. The fourth-order valence-electron chi connectivity index (χ4n) is 8.78. The summed E-state index contributed by atoms with van der Waals surface area (Å²) in [6, 6.07) is 63.6. The molecule has 2 heterocycles. The van der Waals surface area contributed by atoms with E-state index in [9.17, 15) is 0 Å². The molecule has 0 saturated carbocycles. The third-order valence-corrected chi connectivity index (χ3v) is 12.3. The standard InChI is InChI=1S/C51H29N3S/c1-2-11-33(12-3-1)49-52-50(54-51(53-49)44-29-34-13-4-7-22-43(34)55-44)41-18-6-5-17-37(41)36-27-35-26-25-32-15-9-20-39-38-19-8-14-30-23-24-31-16-10-21-40(47(31)45(30)38)42(28-36)48(35)46(32)39/h1-29H. The van der Waals surface area contributed by atoms with E-state index < -0.39 is 0 Å². The molecule has 10 aromatic carbocycles. The number of aromatic nitrogens is 3. The van der Waals surface area contributed by atoms with Gasteiger partial charge in [0, 0.05) is 15.8 Å². The Balaban J connectivity index is 1.17. The van der Waals surface area contributed by atoms with Crippen molar-refractivity contribution >= 4 is 86.1 Å². The Morgan fingerprint density at radius 2 is 0.836 bits per heavy atom. The van der Waals surface area contributed by atoms with Crippen LogP contribution in [0.3, 0.4) is 0 Å². The second kappa shape index (κ2) is 11.7. The molecule has 254 valence electrons. The summed E-state index contributed by atoms with van der Waals surface area (Å²) >= 11 is 1.71. The van der Waals surface area contributed by atoms with E-state index >= 15 is 0 Å². The van der Waals surface area contributed by atoms with Crippen LogP contribution in [0.4, 0.5) is 0 Å². The molecule has 0 unspecified atom stereocenters. The zero-order valence-corrected chi connectivity index (χ0v) is 30.3. The van der Waals surface area contributed by atoms with Gasteiger partial charge in [-0.25, -0.2) is 15.0 Å². The number of fused-ring (bicyclic) bond motifs is 3. The average Bonchev–Trinajstić information content (AvgIpc) is 3.70. The molecule has 0 spiro atoms. The topological polar surface area (TPSA) is 38.7 Å². The Morgan fingerprint density at radius 3 is 1.53 bits per heavy atom. The van der Waals surface area contributed by atoms with Crippen molar-refractivity contribution in [3.05, 3.63) is 176 Å². The first-order valence-electron chi connectivity index (χ1n) is 18.6. The lowest BCUT2D eigenvalue weighted by atomic mass is 9.86. The highest BCUT2D eigenvalue weighted by Gasteiger charge is 2.20. The van der Waals surface area contributed by atoms with Gasteiger partial charge >= 0.3 is 0 Å². The van der Waals surface area contributed by atoms with Crippen LogP contribution in [0.1, 0.15) is 0 Å². The fraction of sp³-hybridized carbons (Fsp3) is 0. The van der Waals surface area contributed by atoms with Gasteiger partial charge in [0.2, 0.25) is 0 Å². The van der Waals surface area contributed by atoms with E-state index in [2.05, 4.69) is 158 Å². The number of hydrogen-bond acceptors (Lipinski definition) is 4. The summed E-state index contributed by atoms with van der Waals surface area (Å²) in [5.41, 5.74) is 4.13. The smallest absolute Gasteiger partial charge is 0.174 e. The van der Waals surface area contributed by atoms with E-state index in [4.69, 9.17) is 15.0 Å². The van der Waals surface area contributed by atoms with E-state index in [1.54, 1.807) is 11.3 Å². The first-order valence-corrected chi connectivity index (χ1v) is 19.4. The zero-order valence-electron chi connectivity index (χ0n) is 29.5. The Bertz CT molecular complexity index is 3450. The van der Waals surface area contributed by atoms with E-state index in [0.717, 1.165) is 27.1 Å². The molecule has 12 rings (SSSR count). The fourth-order valence-corrected chi connectivity index (χ4v) is 9.78. The summed E-state index contributed by atoms with van der Waals surface area (Å²) in [4.78, 5) is 16.5. The van der Waals surface area contributed by atoms with E-state index in [-0.39, 0.29) is 0 Å². The zero-order chi connectivity index (χ0) is 36.0. The van der Waals surface area contributed by atoms with Gasteiger partial charge in [-0.15, -0.1) is 11.3 Å². The van der Waals surface area contributed by atoms with E-state index in [1.807, 2.05) is 18.2 Å². The maximum Gasteiger partial charge on any atom is 0.174 e. The second-order valence-corrected chi connectivity index (χ2v) is 15.4. The van der Waals surface area contributed by atoms with Gasteiger partial charge in [0.05, 0.1) is 4.88 Å². The van der Waals surface area contributed by atoms with Crippen LogP contribution in [0, 0.1) is 0 Å². The predicted molar refractivity (Wildman–Crippen MR) is 233 cm³/mol. The molecule has 12 aromatic rings. The number of benzene rings is 9. The molecule has 0 aliphatic carbocycles. The Labute approximate surface area is 320 Å². The first-order chi connectivity index (χ1) is 27.2. The van der Waals surface area contributed by atoms with Gasteiger partial charge in [0.15, 0.2) is 17.5 Å². The summed E-state index contributed by atoms with van der Waals surface area (Å²) in [6.07, 6.45) is 0. The van der Waals surface area contributed by atoms with Crippen LogP contribution in [0.25, 0.3) is 119 Å². The van der Waals surface area contributed by atoms with Crippen molar-refractivity contribution in [2.24, 2.45) is 0 Å². The van der Waals surface area contributed by atoms with Crippen molar-refractivity contribution in [3.63, 3.8) is 0 Å². The highest BCUT2D eigenvalue weighted by molar-refractivity contribution is 7.22. The predicted octanol–water partition coefficient (Wildman–Crippen LogP) is 14.1. The molecule has 0 bridgehead atoms. The minimum absolute atomic E-state index is 0.654. The Hall–Kier alpha value is -7.01. The lowest BCUT2D eigenvalue weighted by Crippen LogP contribution is -2.00. The molecule has 3 nitrogen and oxygen atoms in total. The molecular formula is C51H29N3S. The highest BCUT2D eigenvalue weighted by Crippen LogP contribution is 2.45. The Kier molecular flexibility index (Phi) is 6.50. The quantitative estimate of drug-likeness (QED) is 0.170. The molecule has 0 radical (unpaired) electrons. The van der Waals surface area contributed by atoms with Crippen LogP contribution in [0.2, 0.25) is 0 Å². The van der Waals surface area contributed by atoms with Crippen LogP contribution in [-0.4, -0.2) is 15.0 Å². The largest absolute Gasteiger partial charge is 0.208 e. The van der Waals surface area contributed by atoms with Crippen molar-refractivity contribution in [2.45, 2.75) is 0 Å². The third-order valence-electron chi connectivity index (χ3n) is 11.2. The first kappa shape index (κ1) is 30.5. The molecule has 0 aliphatic rings. The molecule has 0 atom stereocenters. The minimum atomic E-state index is 0.654. The Morgan fingerprint density at radius 1 is 0.309 bits per heavy atom. The molecule has 4 heteroatoms. The van der Waals surface area contributed by atoms with Crippen LogP contribution in [0.15, 0.2) is 176 Å². The molecule has 0 aliphatic heterocycles. The summed E-state index contributed by atoms with van der Waals surface area (Å²) in [5, 5.41) is 16.4. The van der Waals surface area contributed by atoms with Gasteiger partial charge in [0.1, 0.15) is 0 Å². The number of hydrogen-bond donors (Lipinski definition) is 0. The van der Waals surface area contributed by atoms with E-state index in [0.29, 0.717) is 17.5 Å². The lowest BCUT2D eigenvalue weighted by Gasteiger charge is -2.17. The number of nitrogens with zero attached hydrogens (tertiary/aromatic N) is 3. The number of rotatable bonds is 4. The van der Waals surface area contributed by atoms with Crippen molar-refractivity contribution in [1.82, 2.24) is 15.0 Å². The maximum absolute atomic E-state index is 5.23. The molecule has 0 N–H and O–H groups in total. The lowest BCUT2D eigenvalue weighted by molar-refractivity contribution is 1.08. The van der Waals surface area contributed by atoms with Gasteiger partial charge in [-0.3, -0.25) is 0 Å². The molecule has 0 amide bonds. The maximum atomic E-state index is 5.23. The SMILES string of the molecule is c1ccc(-c2nc(-c3cc4ccccc4s3)nc(-c3ccccc3-c3cc4ccc5cccc6c7cccc8ccc9cccc(c(c3)c4c56)c9c87)n2)cc1. The van der Waals surface area contributed by atoms with Gasteiger partial charge in [-0.1, -0.05) is 152 Å². The summed E-state index contributed by atoms with van der Waals surface area (Å²) in [7, 11) is 0. The summed E-state index contributed by atoms with van der Waals surface area (Å²) in [6.45, 7) is 0. The molecule has 0 fully saturated rings.